The van der Waals surface area contributed by atoms with Crippen molar-refractivity contribution in [1.82, 2.24) is 29.9 Å². The van der Waals surface area contributed by atoms with E-state index in [0.29, 0.717) is 44.5 Å². The van der Waals surface area contributed by atoms with Gasteiger partial charge in [0.05, 0.1) is 105 Å². The fourth-order valence-corrected chi connectivity index (χ4v) is 8.38. The maximum Gasteiger partial charge on any atom is 0.337 e. The van der Waals surface area contributed by atoms with Gasteiger partial charge in [-0.05, 0) is 130 Å². The van der Waals surface area contributed by atoms with E-state index in [-0.39, 0.29) is 56.1 Å². The number of carboxylic acid groups (broad SMARTS) is 3. The molecule has 0 saturated heterocycles. The van der Waals surface area contributed by atoms with Crippen LogP contribution in [0.25, 0.3) is 33.1 Å². The number of esters is 3. The van der Waals surface area contributed by atoms with Gasteiger partial charge in [0.25, 0.3) is 17.7 Å². The van der Waals surface area contributed by atoms with Crippen LogP contribution >= 0.6 is 0 Å². The van der Waals surface area contributed by atoms with Crippen LogP contribution in [0.4, 0.5) is 34.1 Å². The molecule has 0 aliphatic rings. The Morgan fingerprint density at radius 3 is 0.812 bits per heavy atom. The SMILES string of the molecule is CC(=O)C(N=Nc1cc(C(=O)O)cc(C(=O)O)c1)C(=O)Nc1ccc2[nH]c(=O)[nH]c2c1.COC(=O)c1cc(N=NC(C(C)=O)C(=O)Nc2ccc3[nH]c(=O)[nH]c3c2)cc(C(=O)O)c1.COC(=O)c1cc(N=NC(C(C)=O)C(=O)Nc2ccc3[nH]c(=O)[nH]c3c2)cc(C(=O)OC)c1. The maximum atomic E-state index is 12.6. The van der Waals surface area contributed by atoms with E-state index in [1.807, 2.05) is 0 Å². The quantitative estimate of drug-likeness (QED) is 0.0168. The number of hydrogen-bond donors (Lipinski definition) is 12. The van der Waals surface area contributed by atoms with Crippen molar-refractivity contribution in [2.24, 2.45) is 30.7 Å². The number of nitrogens with zero attached hydrogens (tertiary/aromatic N) is 6. The van der Waals surface area contributed by atoms with Gasteiger partial charge in [-0.3, -0.25) is 28.8 Å². The number of azo groups is 3. The molecule has 0 spiro atoms. The molecule has 0 aliphatic carbocycles. The predicted octanol–water partition coefficient (Wildman–Crippen LogP) is 6.06. The van der Waals surface area contributed by atoms with Crippen molar-refractivity contribution in [2.45, 2.75) is 38.9 Å². The zero-order valence-corrected chi connectivity index (χ0v) is 50.5. The lowest BCUT2D eigenvalue weighted by molar-refractivity contribution is -0.127. The first kappa shape index (κ1) is 69.6. The number of amides is 3. The Kier molecular flexibility index (Phi) is 22.3. The van der Waals surface area contributed by atoms with Crippen LogP contribution < -0.4 is 33.0 Å². The Hall–Kier alpha value is -13.8. The molecule has 492 valence electrons. The standard InChI is InChI=1S/C21H19N5O7.C20H17N5O7.C19H15N5O7/c1-10(27)17(18(28)22-13-4-5-15-16(9-13)24-21(31)23-15)26-25-14-7-11(19(29)32-2)6-12(8-14)20(30)33-3;1-9(26)16(17(27)21-12-3-4-14-15(8-12)23-20(31)22-14)25-24-13-6-10(18(28)29)5-11(7-13)19(30)32-2;1-8(25)15(16(26)20-11-2-3-13-14(7-11)22-19(31)21-13)24-23-12-5-9(17(27)28)4-10(6-12)18(29)30/h4-9,17H,1-3H3,(H,22,28)(H2,23,24,31);3-8,16H,1-2H3,(H,21,27)(H,28,29)(H2,22,23,31);2-7,15H,1H3,(H,20,26)(H,27,28)(H,29,30)(H2,21,22,31). The molecule has 0 saturated carbocycles. The third-order valence-corrected chi connectivity index (χ3v) is 12.9. The highest BCUT2D eigenvalue weighted by molar-refractivity contribution is 6.12. The summed E-state index contributed by atoms with van der Waals surface area (Å²) < 4.78 is 13.9. The Labute approximate surface area is 534 Å². The summed E-state index contributed by atoms with van der Waals surface area (Å²) in [6.07, 6.45) is 0. The fraction of sp³-hybridized carbons (Fsp3) is 0.150. The average Bonchev–Trinajstić information content (AvgIpc) is 1.61. The number of imidazole rings is 3. The Morgan fingerprint density at radius 1 is 0.344 bits per heavy atom. The molecule has 3 atom stereocenters. The van der Waals surface area contributed by atoms with E-state index >= 15 is 0 Å². The lowest BCUT2D eigenvalue weighted by atomic mass is 10.1. The van der Waals surface area contributed by atoms with Gasteiger partial charge in [0.2, 0.25) is 18.1 Å². The number of aromatic amines is 6. The van der Waals surface area contributed by atoms with E-state index in [2.05, 4.69) is 90.8 Å². The maximum absolute atomic E-state index is 12.6. The number of carboxylic acids is 3. The van der Waals surface area contributed by atoms with Crippen LogP contribution in [0.5, 0.6) is 0 Å². The number of aromatic carboxylic acids is 3. The minimum Gasteiger partial charge on any atom is -0.478 e. The van der Waals surface area contributed by atoms with Crippen molar-refractivity contribution in [3.8, 4) is 0 Å². The molecule has 36 heteroatoms. The van der Waals surface area contributed by atoms with Crippen molar-refractivity contribution in [3.63, 3.8) is 0 Å². The number of fused-ring (bicyclic) bond motifs is 3. The van der Waals surface area contributed by atoms with Crippen LogP contribution in [0.1, 0.15) is 82.9 Å². The first-order valence-electron chi connectivity index (χ1n) is 27.3. The summed E-state index contributed by atoms with van der Waals surface area (Å²) in [4.78, 5) is 192. The van der Waals surface area contributed by atoms with E-state index in [1.54, 1.807) is 24.3 Å². The van der Waals surface area contributed by atoms with Gasteiger partial charge < -0.3 is 75.4 Å². The highest BCUT2D eigenvalue weighted by atomic mass is 16.5. The fourth-order valence-electron chi connectivity index (χ4n) is 8.38. The molecule has 12 N–H and O–H groups in total. The van der Waals surface area contributed by atoms with E-state index in [9.17, 15) is 77.0 Å². The summed E-state index contributed by atoms with van der Waals surface area (Å²) in [5.74, 6) is -10.5. The van der Waals surface area contributed by atoms with Crippen LogP contribution in [0.2, 0.25) is 0 Å². The summed E-state index contributed by atoms with van der Waals surface area (Å²) >= 11 is 0. The predicted molar refractivity (Wildman–Crippen MR) is 334 cm³/mol. The monoisotopic (exact) mass is 1320 g/mol. The van der Waals surface area contributed by atoms with Crippen LogP contribution in [0.15, 0.2) is 154 Å². The minimum atomic E-state index is -1.57. The molecule has 9 aromatic rings. The number of methoxy groups -OCH3 is 3. The summed E-state index contributed by atoms with van der Waals surface area (Å²) in [6, 6.07) is 19.5. The van der Waals surface area contributed by atoms with E-state index in [1.165, 1.54) is 75.7 Å². The van der Waals surface area contributed by atoms with Gasteiger partial charge in [0.1, 0.15) is 0 Å². The Bertz CT molecular complexity index is 4870. The molecule has 0 radical (unpaired) electrons. The average molecular weight is 1320 g/mol. The van der Waals surface area contributed by atoms with Gasteiger partial charge in [-0.2, -0.15) is 30.7 Å². The number of hydrogen-bond acceptors (Lipinski definition) is 24. The summed E-state index contributed by atoms with van der Waals surface area (Å²) in [5, 5.41) is 57.5. The smallest absolute Gasteiger partial charge is 0.337 e. The van der Waals surface area contributed by atoms with E-state index in [0.717, 1.165) is 51.3 Å². The third kappa shape index (κ3) is 18.2. The highest BCUT2D eigenvalue weighted by Gasteiger charge is 2.27. The number of carbonyl (C=O) groups excluding carboxylic acids is 9. The van der Waals surface area contributed by atoms with Gasteiger partial charge >= 0.3 is 52.9 Å². The molecule has 0 fully saturated rings. The van der Waals surface area contributed by atoms with Crippen molar-refractivity contribution in [1.29, 1.82) is 0 Å². The number of aromatic nitrogens is 6. The number of nitrogens with one attached hydrogen (secondary N) is 9. The number of anilines is 3. The van der Waals surface area contributed by atoms with Crippen LogP contribution in [0.3, 0.4) is 0 Å². The number of ketones is 3. The van der Waals surface area contributed by atoms with Gasteiger partial charge in [-0.15, -0.1) is 0 Å². The summed E-state index contributed by atoms with van der Waals surface area (Å²) in [6.45, 7) is 3.43. The second kappa shape index (κ2) is 30.8. The zero-order valence-electron chi connectivity index (χ0n) is 50.5. The second-order valence-electron chi connectivity index (χ2n) is 19.9. The number of Topliss-reactive ketones (excluding diaryl/α,β-unsaturated/α-hetero) is 3. The molecular weight excluding hydrogens is 1270 g/mol. The largest absolute Gasteiger partial charge is 0.478 e. The molecule has 3 heterocycles. The summed E-state index contributed by atoms with van der Waals surface area (Å²) in [7, 11) is 3.48. The lowest BCUT2D eigenvalue weighted by Crippen LogP contribution is -2.31. The van der Waals surface area contributed by atoms with Crippen LogP contribution in [-0.4, -0.2) is 156 Å². The lowest BCUT2D eigenvalue weighted by Gasteiger charge is -2.10. The molecule has 6 aromatic carbocycles. The number of benzene rings is 6. The van der Waals surface area contributed by atoms with Gasteiger partial charge in [0.15, 0.2) is 17.3 Å². The number of ether oxygens (including phenoxy) is 3. The van der Waals surface area contributed by atoms with Crippen molar-refractivity contribution >= 4 is 138 Å². The molecule has 36 nitrogen and oxygen atoms in total. The molecule has 3 aromatic heterocycles. The normalized spacial score (nSPS) is 11.9. The first-order valence-corrected chi connectivity index (χ1v) is 27.3. The molecule has 0 aliphatic heterocycles. The molecule has 3 amide bonds. The van der Waals surface area contributed by atoms with Crippen molar-refractivity contribution < 1.29 is 87.1 Å². The first-order chi connectivity index (χ1) is 45.5. The number of H-pyrrole nitrogens is 6. The topological polar surface area (TPSA) is 549 Å². The van der Waals surface area contributed by atoms with Gasteiger partial charge in [-0.1, -0.05) is 0 Å². The molecule has 96 heavy (non-hydrogen) atoms. The third-order valence-electron chi connectivity index (χ3n) is 12.9. The summed E-state index contributed by atoms with van der Waals surface area (Å²) in [5.41, 5.74) is 1.48. The van der Waals surface area contributed by atoms with Crippen molar-refractivity contribution in [3.05, 3.63) is 174 Å². The van der Waals surface area contributed by atoms with Gasteiger partial charge in [-0.25, -0.2) is 43.2 Å². The molecule has 3 unspecified atom stereocenters. The molecular formula is C60H51N15O21. The Morgan fingerprint density at radius 2 is 0.573 bits per heavy atom. The zero-order chi connectivity index (χ0) is 70.2. The minimum absolute atomic E-state index is 0.00646. The number of carbonyl (C=O) groups is 12. The highest BCUT2D eigenvalue weighted by Crippen LogP contribution is 2.25. The second-order valence-corrected chi connectivity index (χ2v) is 19.9. The van der Waals surface area contributed by atoms with Crippen molar-refractivity contribution in [2.75, 3.05) is 37.3 Å². The molecule has 0 bridgehead atoms. The number of rotatable bonds is 21. The van der Waals surface area contributed by atoms with Crippen LogP contribution in [-0.2, 0) is 43.0 Å². The van der Waals surface area contributed by atoms with E-state index in [4.69, 9.17) is 10.2 Å². The molecule has 9 rings (SSSR count). The Balaban J connectivity index is 0.000000203. The van der Waals surface area contributed by atoms with E-state index < -0.39 is 106 Å². The van der Waals surface area contributed by atoms with Crippen LogP contribution in [0, 0.1) is 0 Å². The van der Waals surface area contributed by atoms with Gasteiger partial charge in [0, 0.05) is 17.1 Å².